The molecule has 0 radical (unpaired) electrons. The van der Waals surface area contributed by atoms with E-state index in [1.165, 1.54) is 0 Å². The van der Waals surface area contributed by atoms with Crippen molar-refractivity contribution in [2.75, 3.05) is 13.2 Å². The Morgan fingerprint density at radius 2 is 1.85 bits per heavy atom. The van der Waals surface area contributed by atoms with Crippen molar-refractivity contribution >= 4 is 12.0 Å². The third-order valence-electron chi connectivity index (χ3n) is 4.12. The summed E-state index contributed by atoms with van der Waals surface area (Å²) in [5, 5.41) is 5.76. The van der Waals surface area contributed by atoms with E-state index in [2.05, 4.69) is 24.5 Å². The van der Waals surface area contributed by atoms with Crippen LogP contribution >= 0.6 is 0 Å². The van der Waals surface area contributed by atoms with Gasteiger partial charge in [-0.25, -0.2) is 4.79 Å². The molecule has 0 spiro atoms. The van der Waals surface area contributed by atoms with Crippen LogP contribution in [0.5, 0.6) is 0 Å². The van der Waals surface area contributed by atoms with Gasteiger partial charge in [0, 0.05) is 25.3 Å². The van der Waals surface area contributed by atoms with Crippen LogP contribution in [0, 0.1) is 5.92 Å². The maximum Gasteiger partial charge on any atom is 0.407 e. The van der Waals surface area contributed by atoms with Crippen molar-refractivity contribution in [2.45, 2.75) is 39.8 Å². The number of hydrogen-bond acceptors (Lipinski definition) is 3. The van der Waals surface area contributed by atoms with Crippen LogP contribution in [-0.4, -0.2) is 35.8 Å². The molecule has 1 aromatic heterocycles. The number of carbonyl (C=O) groups is 2. The second-order valence-electron chi connectivity index (χ2n) is 6.91. The monoisotopic (exact) mass is 371 g/mol. The molecule has 0 fully saturated rings. The van der Waals surface area contributed by atoms with E-state index in [0.717, 1.165) is 12.0 Å². The van der Waals surface area contributed by atoms with Crippen LogP contribution < -0.4 is 10.6 Å². The largest absolute Gasteiger partial charge is 0.450 e. The SMILES string of the molecule is CCOC(=O)NC(CNC(=O)c1cccn1Cc1ccccc1)CC(C)C. The van der Waals surface area contributed by atoms with E-state index in [9.17, 15) is 9.59 Å². The molecule has 6 nitrogen and oxygen atoms in total. The first kappa shape index (κ1) is 20.6. The molecule has 1 atom stereocenters. The zero-order chi connectivity index (χ0) is 19.6. The second kappa shape index (κ2) is 10.4. The molecular formula is C21H29N3O3. The summed E-state index contributed by atoms with van der Waals surface area (Å²) in [6, 6.07) is 13.5. The van der Waals surface area contributed by atoms with Crippen molar-refractivity contribution in [1.29, 1.82) is 0 Å². The summed E-state index contributed by atoms with van der Waals surface area (Å²) in [7, 11) is 0. The molecule has 2 N–H and O–H groups in total. The van der Waals surface area contributed by atoms with Crippen LogP contribution in [0.4, 0.5) is 4.79 Å². The number of carbonyl (C=O) groups excluding carboxylic acids is 2. The summed E-state index contributed by atoms with van der Waals surface area (Å²) in [6.45, 7) is 7.22. The van der Waals surface area contributed by atoms with Gasteiger partial charge < -0.3 is 19.9 Å². The molecular weight excluding hydrogens is 342 g/mol. The minimum Gasteiger partial charge on any atom is -0.450 e. The first-order chi connectivity index (χ1) is 13.0. The number of alkyl carbamates (subject to hydrolysis) is 1. The quantitative estimate of drug-likeness (QED) is 0.709. The summed E-state index contributed by atoms with van der Waals surface area (Å²) in [5.74, 6) is 0.228. The second-order valence-corrected chi connectivity index (χ2v) is 6.91. The Morgan fingerprint density at radius 1 is 1.11 bits per heavy atom. The van der Waals surface area contributed by atoms with Gasteiger partial charge in [0.1, 0.15) is 5.69 Å². The van der Waals surface area contributed by atoms with Gasteiger partial charge in [-0.3, -0.25) is 4.79 Å². The molecule has 146 valence electrons. The van der Waals surface area contributed by atoms with Crippen molar-refractivity contribution in [3.8, 4) is 0 Å². The van der Waals surface area contributed by atoms with E-state index in [1.54, 1.807) is 13.0 Å². The Morgan fingerprint density at radius 3 is 2.52 bits per heavy atom. The molecule has 0 aliphatic rings. The molecule has 2 amide bonds. The van der Waals surface area contributed by atoms with Crippen LogP contribution in [0.2, 0.25) is 0 Å². The first-order valence-corrected chi connectivity index (χ1v) is 9.40. The van der Waals surface area contributed by atoms with Gasteiger partial charge in [-0.15, -0.1) is 0 Å². The highest BCUT2D eigenvalue weighted by Crippen LogP contribution is 2.09. The Bertz CT molecular complexity index is 725. The number of rotatable bonds is 9. The highest BCUT2D eigenvalue weighted by molar-refractivity contribution is 5.92. The lowest BCUT2D eigenvalue weighted by molar-refractivity contribution is 0.0935. The van der Waals surface area contributed by atoms with Crippen molar-refractivity contribution in [3.05, 3.63) is 59.9 Å². The van der Waals surface area contributed by atoms with E-state index < -0.39 is 6.09 Å². The molecule has 6 heteroatoms. The van der Waals surface area contributed by atoms with Crippen LogP contribution in [0.3, 0.4) is 0 Å². The van der Waals surface area contributed by atoms with Crippen LogP contribution in [0.1, 0.15) is 43.2 Å². The number of nitrogens with zero attached hydrogens (tertiary/aromatic N) is 1. The molecule has 27 heavy (non-hydrogen) atoms. The normalized spacial score (nSPS) is 11.9. The summed E-state index contributed by atoms with van der Waals surface area (Å²) in [6.07, 6.45) is 2.19. The third kappa shape index (κ3) is 6.81. The minimum atomic E-state index is -0.454. The fourth-order valence-electron chi connectivity index (χ4n) is 2.95. The van der Waals surface area contributed by atoms with E-state index in [1.807, 2.05) is 47.2 Å². The van der Waals surface area contributed by atoms with E-state index in [-0.39, 0.29) is 11.9 Å². The number of nitrogens with one attached hydrogen (secondary N) is 2. The number of hydrogen-bond donors (Lipinski definition) is 2. The molecule has 0 saturated carbocycles. The molecule has 1 aromatic carbocycles. The molecule has 0 aliphatic heterocycles. The lowest BCUT2D eigenvalue weighted by Crippen LogP contribution is -2.44. The summed E-state index contributed by atoms with van der Waals surface area (Å²) in [4.78, 5) is 24.4. The van der Waals surface area contributed by atoms with E-state index in [4.69, 9.17) is 4.74 Å². The fraction of sp³-hybridized carbons (Fsp3) is 0.429. The fourth-order valence-corrected chi connectivity index (χ4v) is 2.95. The average molecular weight is 371 g/mol. The van der Waals surface area contributed by atoms with Gasteiger partial charge in [0.25, 0.3) is 5.91 Å². The number of aromatic nitrogens is 1. The minimum absolute atomic E-state index is 0.157. The van der Waals surface area contributed by atoms with Gasteiger partial charge in [-0.05, 0) is 37.0 Å². The summed E-state index contributed by atoms with van der Waals surface area (Å²) < 4.78 is 6.87. The van der Waals surface area contributed by atoms with Crippen LogP contribution in [0.25, 0.3) is 0 Å². The van der Waals surface area contributed by atoms with Gasteiger partial charge >= 0.3 is 6.09 Å². The molecule has 2 aromatic rings. The Kier molecular flexibility index (Phi) is 7.92. The zero-order valence-corrected chi connectivity index (χ0v) is 16.3. The van der Waals surface area contributed by atoms with Crippen LogP contribution in [-0.2, 0) is 11.3 Å². The summed E-state index contributed by atoms with van der Waals surface area (Å²) in [5.41, 5.74) is 1.72. The summed E-state index contributed by atoms with van der Waals surface area (Å²) >= 11 is 0. The lowest BCUT2D eigenvalue weighted by atomic mass is 10.0. The van der Waals surface area contributed by atoms with E-state index >= 15 is 0 Å². The number of benzene rings is 1. The first-order valence-electron chi connectivity index (χ1n) is 9.40. The Hall–Kier alpha value is -2.76. The molecule has 0 saturated heterocycles. The smallest absolute Gasteiger partial charge is 0.407 e. The van der Waals surface area contributed by atoms with Gasteiger partial charge in [0.2, 0.25) is 0 Å². The predicted molar refractivity (Wildman–Crippen MR) is 106 cm³/mol. The third-order valence-corrected chi connectivity index (χ3v) is 4.12. The molecule has 0 bridgehead atoms. The van der Waals surface area contributed by atoms with Crippen molar-refractivity contribution in [1.82, 2.24) is 15.2 Å². The predicted octanol–water partition coefficient (Wildman–Crippen LogP) is 3.43. The zero-order valence-electron chi connectivity index (χ0n) is 16.3. The van der Waals surface area contributed by atoms with Crippen molar-refractivity contribution in [3.63, 3.8) is 0 Å². The van der Waals surface area contributed by atoms with Crippen LogP contribution in [0.15, 0.2) is 48.7 Å². The number of amides is 2. The topological polar surface area (TPSA) is 72.4 Å². The van der Waals surface area contributed by atoms with Crippen molar-refractivity contribution < 1.29 is 14.3 Å². The maximum atomic E-state index is 12.6. The maximum absolute atomic E-state index is 12.6. The molecule has 2 rings (SSSR count). The Labute approximate surface area is 160 Å². The van der Waals surface area contributed by atoms with Gasteiger partial charge in [-0.1, -0.05) is 44.2 Å². The molecule has 1 unspecified atom stereocenters. The Balaban J connectivity index is 1.97. The highest BCUT2D eigenvalue weighted by Gasteiger charge is 2.17. The molecule has 0 aliphatic carbocycles. The van der Waals surface area contributed by atoms with Gasteiger partial charge in [-0.2, -0.15) is 0 Å². The number of ether oxygens (including phenoxy) is 1. The standard InChI is InChI=1S/C21H29N3O3/c1-4-27-21(26)23-18(13-16(2)3)14-22-20(25)19-11-8-12-24(19)15-17-9-6-5-7-10-17/h5-12,16,18H,4,13-15H2,1-3H3,(H,22,25)(H,23,26). The van der Waals surface area contributed by atoms with Crippen molar-refractivity contribution in [2.24, 2.45) is 5.92 Å². The lowest BCUT2D eigenvalue weighted by Gasteiger charge is -2.21. The molecule has 1 heterocycles. The highest BCUT2D eigenvalue weighted by atomic mass is 16.5. The van der Waals surface area contributed by atoms with Gasteiger partial charge in [0.15, 0.2) is 0 Å². The van der Waals surface area contributed by atoms with Gasteiger partial charge in [0.05, 0.1) is 6.61 Å². The average Bonchev–Trinajstić information content (AvgIpc) is 3.08. The van der Waals surface area contributed by atoms with E-state index in [0.29, 0.717) is 31.3 Å².